The summed E-state index contributed by atoms with van der Waals surface area (Å²) in [6.07, 6.45) is 2.64. The highest BCUT2D eigenvalue weighted by molar-refractivity contribution is 7.17. The van der Waals surface area contributed by atoms with Gasteiger partial charge in [0.2, 0.25) is 0 Å². The third-order valence-corrected chi connectivity index (χ3v) is 4.19. The second-order valence-corrected chi connectivity index (χ2v) is 5.57. The number of thiophene rings is 1. The maximum Gasteiger partial charge on any atom is 0.268 e. The van der Waals surface area contributed by atoms with Crippen molar-refractivity contribution in [3.63, 3.8) is 0 Å². The van der Waals surface area contributed by atoms with Gasteiger partial charge in [-0.05, 0) is 37.1 Å². The fourth-order valence-corrected chi connectivity index (χ4v) is 2.75. The fraction of sp³-hybridized carbons (Fsp3) is 0.500. The molecule has 4 nitrogen and oxygen atoms in total. The van der Waals surface area contributed by atoms with Crippen LogP contribution in [-0.2, 0) is 6.54 Å². The Labute approximate surface area is 103 Å². The van der Waals surface area contributed by atoms with Crippen LogP contribution in [0.4, 0.5) is 0 Å². The van der Waals surface area contributed by atoms with E-state index in [0.29, 0.717) is 17.3 Å². The van der Waals surface area contributed by atoms with E-state index in [1.54, 1.807) is 0 Å². The van der Waals surface area contributed by atoms with Crippen molar-refractivity contribution < 1.29 is 0 Å². The maximum absolute atomic E-state index is 11.7. The molecule has 1 aliphatic rings. The Morgan fingerprint density at radius 1 is 1.65 bits per heavy atom. The first-order valence-corrected chi connectivity index (χ1v) is 6.82. The van der Waals surface area contributed by atoms with Crippen LogP contribution in [0.15, 0.2) is 16.2 Å². The number of nitrogens with zero attached hydrogens (tertiary/aromatic N) is 1. The van der Waals surface area contributed by atoms with Crippen molar-refractivity contribution in [1.82, 2.24) is 15.3 Å². The summed E-state index contributed by atoms with van der Waals surface area (Å²) in [7, 11) is 0. The highest BCUT2D eigenvalue weighted by Crippen LogP contribution is 2.32. The average Bonchev–Trinajstić information content (AvgIpc) is 3.05. The first-order valence-electron chi connectivity index (χ1n) is 5.94. The predicted molar refractivity (Wildman–Crippen MR) is 69.3 cm³/mol. The lowest BCUT2D eigenvalue weighted by Gasteiger charge is -2.11. The molecule has 0 amide bonds. The number of H-pyrrole nitrogens is 1. The zero-order valence-electron chi connectivity index (χ0n) is 9.69. The molecule has 2 N–H and O–H groups in total. The molecule has 3 rings (SSSR count). The Bertz CT molecular complexity index is 585. The number of aromatic nitrogens is 2. The molecule has 1 unspecified atom stereocenters. The van der Waals surface area contributed by atoms with Gasteiger partial charge in [0, 0.05) is 6.04 Å². The van der Waals surface area contributed by atoms with Crippen LogP contribution in [0.3, 0.4) is 0 Å². The Morgan fingerprint density at radius 3 is 3.24 bits per heavy atom. The lowest BCUT2D eigenvalue weighted by molar-refractivity contribution is 0.488. The lowest BCUT2D eigenvalue weighted by atomic mass is 10.2. The minimum absolute atomic E-state index is 0.0270. The fourth-order valence-electron chi connectivity index (χ4n) is 2.03. The molecule has 1 fully saturated rings. The zero-order chi connectivity index (χ0) is 11.8. The standard InChI is InChI=1S/C12H15N3OS/c1-7(8-2-3-8)13-6-10-14-9-4-5-17-11(9)12(16)15-10/h4-5,7-8,13H,2-3,6H2,1H3,(H,14,15,16). The van der Waals surface area contributed by atoms with E-state index in [-0.39, 0.29) is 5.56 Å². The van der Waals surface area contributed by atoms with Crippen molar-refractivity contribution in [3.05, 3.63) is 27.6 Å². The molecule has 1 saturated carbocycles. The summed E-state index contributed by atoms with van der Waals surface area (Å²) in [5, 5.41) is 5.32. The topological polar surface area (TPSA) is 57.8 Å². The summed E-state index contributed by atoms with van der Waals surface area (Å²) >= 11 is 1.44. The molecule has 2 heterocycles. The molecule has 0 spiro atoms. The van der Waals surface area contributed by atoms with E-state index in [9.17, 15) is 4.79 Å². The Morgan fingerprint density at radius 2 is 2.47 bits per heavy atom. The largest absolute Gasteiger partial charge is 0.308 e. The number of fused-ring (bicyclic) bond motifs is 1. The molecule has 0 saturated heterocycles. The van der Waals surface area contributed by atoms with Gasteiger partial charge in [-0.2, -0.15) is 0 Å². The Kier molecular flexibility index (Phi) is 2.72. The van der Waals surface area contributed by atoms with Gasteiger partial charge in [0.1, 0.15) is 10.5 Å². The SMILES string of the molecule is CC(NCc1nc2ccsc2c(=O)[nH]1)C1CC1. The van der Waals surface area contributed by atoms with E-state index < -0.39 is 0 Å². The second-order valence-electron chi connectivity index (χ2n) is 4.65. The van der Waals surface area contributed by atoms with Gasteiger partial charge >= 0.3 is 0 Å². The monoisotopic (exact) mass is 249 g/mol. The summed E-state index contributed by atoms with van der Waals surface area (Å²) in [6.45, 7) is 2.83. The summed E-state index contributed by atoms with van der Waals surface area (Å²) in [6, 6.07) is 2.40. The van der Waals surface area contributed by atoms with E-state index in [0.717, 1.165) is 17.3 Å². The summed E-state index contributed by atoms with van der Waals surface area (Å²) < 4.78 is 0.712. The first-order chi connectivity index (χ1) is 8.24. The van der Waals surface area contributed by atoms with Crippen molar-refractivity contribution >= 4 is 21.6 Å². The molecule has 0 bridgehead atoms. The molecule has 17 heavy (non-hydrogen) atoms. The quantitative estimate of drug-likeness (QED) is 0.869. The number of hydrogen-bond donors (Lipinski definition) is 2. The number of aromatic amines is 1. The van der Waals surface area contributed by atoms with Crippen molar-refractivity contribution in [2.45, 2.75) is 32.4 Å². The van der Waals surface area contributed by atoms with Gasteiger partial charge in [0.05, 0.1) is 12.1 Å². The number of rotatable bonds is 4. The second kappa shape index (κ2) is 4.23. The molecule has 5 heteroatoms. The van der Waals surface area contributed by atoms with E-state index >= 15 is 0 Å². The van der Waals surface area contributed by atoms with Gasteiger partial charge in [0.15, 0.2) is 0 Å². The third kappa shape index (κ3) is 2.25. The molecular weight excluding hydrogens is 234 g/mol. The zero-order valence-corrected chi connectivity index (χ0v) is 10.5. The van der Waals surface area contributed by atoms with Crippen LogP contribution < -0.4 is 10.9 Å². The van der Waals surface area contributed by atoms with Gasteiger partial charge < -0.3 is 10.3 Å². The normalized spacial score (nSPS) is 17.5. The molecular formula is C12H15N3OS. The van der Waals surface area contributed by atoms with E-state index in [2.05, 4.69) is 22.2 Å². The maximum atomic E-state index is 11.7. The van der Waals surface area contributed by atoms with Crippen LogP contribution in [0.5, 0.6) is 0 Å². The molecule has 1 atom stereocenters. The van der Waals surface area contributed by atoms with Gasteiger partial charge in [-0.15, -0.1) is 11.3 Å². The van der Waals surface area contributed by atoms with Crippen LogP contribution in [0.1, 0.15) is 25.6 Å². The van der Waals surface area contributed by atoms with Crippen LogP contribution in [0.25, 0.3) is 10.2 Å². The highest BCUT2D eigenvalue weighted by Gasteiger charge is 2.27. The van der Waals surface area contributed by atoms with Crippen molar-refractivity contribution in [3.8, 4) is 0 Å². The molecule has 2 aromatic heterocycles. The molecule has 90 valence electrons. The van der Waals surface area contributed by atoms with Gasteiger partial charge in [-0.1, -0.05) is 0 Å². The summed E-state index contributed by atoms with van der Waals surface area (Å²) in [5.41, 5.74) is 0.774. The number of hydrogen-bond acceptors (Lipinski definition) is 4. The predicted octanol–water partition coefficient (Wildman–Crippen LogP) is 1.87. The van der Waals surface area contributed by atoms with Crippen molar-refractivity contribution in [2.24, 2.45) is 5.92 Å². The Balaban J connectivity index is 1.77. The van der Waals surface area contributed by atoms with Crippen molar-refractivity contribution in [2.75, 3.05) is 0 Å². The highest BCUT2D eigenvalue weighted by atomic mass is 32.1. The number of nitrogens with one attached hydrogen (secondary N) is 2. The van der Waals surface area contributed by atoms with Gasteiger partial charge in [-0.25, -0.2) is 4.98 Å². The van der Waals surface area contributed by atoms with E-state index in [4.69, 9.17) is 0 Å². The lowest BCUT2D eigenvalue weighted by Crippen LogP contribution is -2.29. The molecule has 0 radical (unpaired) electrons. The smallest absolute Gasteiger partial charge is 0.268 e. The molecule has 2 aromatic rings. The average molecular weight is 249 g/mol. The van der Waals surface area contributed by atoms with Crippen LogP contribution in [-0.4, -0.2) is 16.0 Å². The minimum atomic E-state index is -0.0270. The third-order valence-electron chi connectivity index (χ3n) is 3.28. The van der Waals surface area contributed by atoms with Gasteiger partial charge in [-0.3, -0.25) is 4.79 Å². The van der Waals surface area contributed by atoms with Crippen molar-refractivity contribution in [1.29, 1.82) is 0 Å². The van der Waals surface area contributed by atoms with Crippen LogP contribution in [0, 0.1) is 5.92 Å². The summed E-state index contributed by atoms with van der Waals surface area (Å²) in [4.78, 5) is 19.0. The van der Waals surface area contributed by atoms with Crippen LogP contribution in [0.2, 0.25) is 0 Å². The molecule has 1 aliphatic carbocycles. The first kappa shape index (κ1) is 10.9. The molecule has 0 aliphatic heterocycles. The Hall–Kier alpha value is -1.20. The summed E-state index contributed by atoms with van der Waals surface area (Å²) in [5.74, 6) is 1.54. The molecule has 0 aromatic carbocycles. The van der Waals surface area contributed by atoms with E-state index in [1.165, 1.54) is 24.2 Å². The van der Waals surface area contributed by atoms with E-state index in [1.807, 2.05) is 11.4 Å². The van der Waals surface area contributed by atoms with Gasteiger partial charge in [0.25, 0.3) is 5.56 Å². The minimum Gasteiger partial charge on any atom is -0.308 e. The van der Waals surface area contributed by atoms with Crippen LogP contribution >= 0.6 is 11.3 Å².